The molecule has 2 rings (SSSR count). The summed E-state index contributed by atoms with van der Waals surface area (Å²) in [5.74, 6) is 0.881. The summed E-state index contributed by atoms with van der Waals surface area (Å²) in [5.41, 5.74) is 2.62. The van der Waals surface area contributed by atoms with Crippen LogP contribution in [-0.4, -0.2) is 40.1 Å². The highest BCUT2D eigenvalue weighted by atomic mass is 32.2. The Labute approximate surface area is 153 Å². The quantitative estimate of drug-likeness (QED) is 0.600. The molecule has 0 fully saturated rings. The Morgan fingerprint density at radius 2 is 1.72 bits per heavy atom. The second-order valence-corrected chi connectivity index (χ2v) is 7.77. The van der Waals surface area contributed by atoms with E-state index in [0.29, 0.717) is 23.3 Å². The second-order valence-electron chi connectivity index (χ2n) is 6.46. The van der Waals surface area contributed by atoms with Gasteiger partial charge in [-0.3, -0.25) is 0 Å². The fourth-order valence-corrected chi connectivity index (χ4v) is 3.39. The molecule has 2 aromatic rings. The number of aryl methyl sites for hydroxylation is 2. The number of rotatable bonds is 7. The predicted molar refractivity (Wildman–Crippen MR) is 101 cm³/mol. The lowest BCUT2D eigenvalue weighted by Gasteiger charge is -2.30. The smallest absolute Gasteiger partial charge is 0.220 e. The molecule has 0 spiro atoms. The SMILES string of the molecule is COc1cc(OC)nc(SC(C)C(C)(O)Cc2cc(C)ccc2C)n1. The van der Waals surface area contributed by atoms with Gasteiger partial charge in [-0.15, -0.1) is 0 Å². The molecule has 0 saturated carbocycles. The fraction of sp³-hybridized carbons (Fsp3) is 0.474. The fourth-order valence-electron chi connectivity index (χ4n) is 2.45. The van der Waals surface area contributed by atoms with Crippen LogP contribution in [0.4, 0.5) is 0 Å². The van der Waals surface area contributed by atoms with E-state index in [4.69, 9.17) is 9.47 Å². The number of aliphatic hydroxyl groups is 1. The van der Waals surface area contributed by atoms with E-state index in [1.165, 1.54) is 22.9 Å². The minimum atomic E-state index is -0.914. The number of nitrogens with zero attached hydrogens (tertiary/aromatic N) is 2. The Balaban J connectivity index is 2.18. The van der Waals surface area contributed by atoms with Crippen LogP contribution in [0.2, 0.25) is 0 Å². The molecule has 0 amide bonds. The van der Waals surface area contributed by atoms with Crippen molar-refractivity contribution < 1.29 is 14.6 Å². The third kappa shape index (κ3) is 5.09. The van der Waals surface area contributed by atoms with E-state index in [1.807, 2.05) is 13.8 Å². The molecule has 6 heteroatoms. The van der Waals surface area contributed by atoms with Crippen LogP contribution in [-0.2, 0) is 6.42 Å². The average Bonchev–Trinajstić information content (AvgIpc) is 2.57. The molecular weight excluding hydrogens is 336 g/mol. The van der Waals surface area contributed by atoms with E-state index < -0.39 is 5.60 Å². The molecule has 0 bridgehead atoms. The zero-order chi connectivity index (χ0) is 18.6. The van der Waals surface area contributed by atoms with Gasteiger partial charge in [-0.1, -0.05) is 42.4 Å². The molecular formula is C19H26N2O3S. The first kappa shape index (κ1) is 19.5. The molecule has 25 heavy (non-hydrogen) atoms. The van der Waals surface area contributed by atoms with Crippen LogP contribution < -0.4 is 9.47 Å². The van der Waals surface area contributed by atoms with E-state index in [1.54, 1.807) is 20.3 Å². The number of hydrogen-bond donors (Lipinski definition) is 1. The highest BCUT2D eigenvalue weighted by Crippen LogP contribution is 2.33. The van der Waals surface area contributed by atoms with Gasteiger partial charge in [-0.25, -0.2) is 0 Å². The van der Waals surface area contributed by atoms with Gasteiger partial charge in [-0.05, 0) is 31.9 Å². The summed E-state index contributed by atoms with van der Waals surface area (Å²) in [7, 11) is 3.10. The molecule has 1 aromatic heterocycles. The van der Waals surface area contributed by atoms with Gasteiger partial charge in [0.25, 0.3) is 0 Å². The maximum absolute atomic E-state index is 11.0. The van der Waals surface area contributed by atoms with Crippen LogP contribution in [0.5, 0.6) is 11.8 Å². The summed E-state index contributed by atoms with van der Waals surface area (Å²) in [6.45, 7) is 7.96. The monoisotopic (exact) mass is 362 g/mol. The third-order valence-corrected chi connectivity index (χ3v) is 5.54. The lowest BCUT2D eigenvalue weighted by Crippen LogP contribution is -2.37. The zero-order valence-corrected chi connectivity index (χ0v) is 16.5. The highest BCUT2D eigenvalue weighted by Gasteiger charge is 2.31. The lowest BCUT2D eigenvalue weighted by molar-refractivity contribution is 0.0620. The van der Waals surface area contributed by atoms with E-state index >= 15 is 0 Å². The van der Waals surface area contributed by atoms with Crippen LogP contribution in [0.15, 0.2) is 29.4 Å². The molecule has 0 radical (unpaired) electrons. The molecule has 2 unspecified atom stereocenters. The van der Waals surface area contributed by atoms with E-state index in [9.17, 15) is 5.11 Å². The van der Waals surface area contributed by atoms with Crippen molar-refractivity contribution in [2.45, 2.75) is 50.1 Å². The molecule has 136 valence electrons. The van der Waals surface area contributed by atoms with Gasteiger partial charge in [-0.2, -0.15) is 9.97 Å². The molecule has 0 aliphatic rings. The minimum Gasteiger partial charge on any atom is -0.481 e. The van der Waals surface area contributed by atoms with Crippen molar-refractivity contribution in [2.24, 2.45) is 0 Å². The molecule has 0 aliphatic carbocycles. The first-order chi connectivity index (χ1) is 11.7. The van der Waals surface area contributed by atoms with E-state index in [2.05, 4.69) is 42.0 Å². The minimum absolute atomic E-state index is 0.121. The van der Waals surface area contributed by atoms with Crippen LogP contribution in [0.1, 0.15) is 30.5 Å². The molecule has 2 atom stereocenters. The normalized spacial score (nSPS) is 14.7. The van der Waals surface area contributed by atoms with E-state index in [0.717, 1.165) is 5.56 Å². The van der Waals surface area contributed by atoms with Crippen LogP contribution in [0.3, 0.4) is 0 Å². The van der Waals surface area contributed by atoms with Crippen molar-refractivity contribution in [3.8, 4) is 11.8 Å². The van der Waals surface area contributed by atoms with Gasteiger partial charge in [0.1, 0.15) is 0 Å². The van der Waals surface area contributed by atoms with Gasteiger partial charge in [0, 0.05) is 11.7 Å². The van der Waals surface area contributed by atoms with Crippen molar-refractivity contribution in [1.29, 1.82) is 0 Å². The van der Waals surface area contributed by atoms with Crippen LogP contribution in [0.25, 0.3) is 0 Å². The zero-order valence-electron chi connectivity index (χ0n) is 15.7. The van der Waals surface area contributed by atoms with E-state index in [-0.39, 0.29) is 5.25 Å². The standard InChI is InChI=1S/C19H26N2O3S/c1-12-7-8-13(2)15(9-12)11-19(4,22)14(3)25-18-20-16(23-5)10-17(21-18)24-6/h7-10,14,22H,11H2,1-6H3. The molecule has 1 N–H and O–H groups in total. The molecule has 0 saturated heterocycles. The van der Waals surface area contributed by atoms with Crippen molar-refractivity contribution >= 4 is 11.8 Å². The summed E-state index contributed by atoms with van der Waals surface area (Å²) >= 11 is 1.41. The van der Waals surface area contributed by atoms with Crippen molar-refractivity contribution in [3.63, 3.8) is 0 Å². The number of ether oxygens (including phenoxy) is 2. The van der Waals surface area contributed by atoms with Gasteiger partial charge >= 0.3 is 0 Å². The lowest BCUT2D eigenvalue weighted by atomic mass is 9.90. The molecule has 1 aromatic carbocycles. The highest BCUT2D eigenvalue weighted by molar-refractivity contribution is 7.99. The maximum Gasteiger partial charge on any atom is 0.220 e. The van der Waals surface area contributed by atoms with Crippen molar-refractivity contribution in [2.75, 3.05) is 14.2 Å². The summed E-state index contributed by atoms with van der Waals surface area (Å²) < 4.78 is 10.4. The predicted octanol–water partition coefficient (Wildman–Crippen LogP) is 3.58. The Hall–Kier alpha value is -1.79. The van der Waals surface area contributed by atoms with Gasteiger partial charge < -0.3 is 14.6 Å². The average molecular weight is 362 g/mol. The number of benzene rings is 1. The molecule has 5 nitrogen and oxygen atoms in total. The number of aromatic nitrogens is 2. The summed E-state index contributed by atoms with van der Waals surface area (Å²) in [5, 5.41) is 11.4. The van der Waals surface area contributed by atoms with Crippen molar-refractivity contribution in [3.05, 3.63) is 41.0 Å². The first-order valence-corrected chi connectivity index (χ1v) is 9.05. The third-order valence-electron chi connectivity index (χ3n) is 4.29. The second kappa shape index (κ2) is 8.06. The van der Waals surface area contributed by atoms with Crippen LogP contribution >= 0.6 is 11.8 Å². The topological polar surface area (TPSA) is 64.5 Å². The number of hydrogen-bond acceptors (Lipinski definition) is 6. The summed E-state index contributed by atoms with van der Waals surface area (Å²) in [6.07, 6.45) is 0.565. The largest absolute Gasteiger partial charge is 0.481 e. The first-order valence-electron chi connectivity index (χ1n) is 8.17. The van der Waals surface area contributed by atoms with Crippen molar-refractivity contribution in [1.82, 2.24) is 9.97 Å². The Kier molecular flexibility index (Phi) is 6.30. The van der Waals surface area contributed by atoms with Gasteiger partial charge in [0.2, 0.25) is 11.8 Å². The maximum atomic E-state index is 11.0. The Bertz CT molecular complexity index is 712. The van der Waals surface area contributed by atoms with Gasteiger partial charge in [0.15, 0.2) is 5.16 Å². The Morgan fingerprint density at radius 3 is 2.28 bits per heavy atom. The Morgan fingerprint density at radius 1 is 1.12 bits per heavy atom. The van der Waals surface area contributed by atoms with Gasteiger partial charge in [0.05, 0.1) is 25.9 Å². The summed E-state index contributed by atoms with van der Waals surface area (Å²) in [6, 6.07) is 7.94. The summed E-state index contributed by atoms with van der Waals surface area (Å²) in [4.78, 5) is 8.66. The van der Waals surface area contributed by atoms with Crippen LogP contribution in [0, 0.1) is 13.8 Å². The molecule has 1 heterocycles. The number of thioether (sulfide) groups is 1. The molecule has 0 aliphatic heterocycles. The number of methoxy groups -OCH3 is 2.